The molecular weight excluding hydrogens is 284 g/mol. The Labute approximate surface area is 132 Å². The first kappa shape index (κ1) is 12.2. The fourth-order valence-corrected chi connectivity index (χ4v) is 4.84. The molecule has 0 nitrogen and oxygen atoms in total. The summed E-state index contributed by atoms with van der Waals surface area (Å²) in [4.78, 5) is 0. The van der Waals surface area contributed by atoms with Crippen molar-refractivity contribution in [3.8, 4) is 0 Å². The van der Waals surface area contributed by atoms with Gasteiger partial charge in [0.25, 0.3) is 0 Å². The topological polar surface area (TPSA) is 0 Å². The van der Waals surface area contributed by atoms with Crippen LogP contribution in [0.4, 0.5) is 0 Å². The van der Waals surface area contributed by atoms with Gasteiger partial charge in [-0.3, -0.25) is 0 Å². The molecule has 0 bridgehead atoms. The second-order valence-corrected chi connectivity index (χ2v) is 6.90. The minimum Gasteiger partial charge on any atom is -0.134 e. The van der Waals surface area contributed by atoms with Crippen LogP contribution in [-0.2, 0) is 0 Å². The van der Waals surface area contributed by atoms with Crippen LogP contribution in [0.5, 0.6) is 0 Å². The zero-order chi connectivity index (χ0) is 14.7. The molecule has 5 rings (SSSR count). The number of aryl methyl sites for hydroxylation is 1. The van der Waals surface area contributed by atoms with Gasteiger partial charge < -0.3 is 0 Å². The maximum absolute atomic E-state index is 2.31. The van der Waals surface area contributed by atoms with Crippen molar-refractivity contribution >= 4 is 53.1 Å². The summed E-state index contributed by atoms with van der Waals surface area (Å²) >= 11 is 1.93. The van der Waals surface area contributed by atoms with E-state index in [0.717, 1.165) is 0 Å². The highest BCUT2D eigenvalue weighted by Crippen LogP contribution is 2.43. The molecule has 0 radical (unpaired) electrons. The molecule has 1 heteroatoms. The van der Waals surface area contributed by atoms with Crippen molar-refractivity contribution in [1.29, 1.82) is 0 Å². The molecule has 0 N–H and O–H groups in total. The van der Waals surface area contributed by atoms with Crippen molar-refractivity contribution in [2.24, 2.45) is 0 Å². The first-order valence-corrected chi connectivity index (χ1v) is 8.37. The normalized spacial score (nSPS) is 11.9. The largest absolute Gasteiger partial charge is 0.134 e. The lowest BCUT2D eigenvalue weighted by Gasteiger charge is -2.03. The van der Waals surface area contributed by atoms with Crippen molar-refractivity contribution < 1.29 is 0 Å². The average Bonchev–Trinajstić information content (AvgIpc) is 2.96. The molecule has 104 valence electrons. The molecule has 0 amide bonds. The van der Waals surface area contributed by atoms with Crippen molar-refractivity contribution in [1.82, 2.24) is 0 Å². The van der Waals surface area contributed by atoms with Gasteiger partial charge in [-0.05, 0) is 40.1 Å². The van der Waals surface area contributed by atoms with Gasteiger partial charge in [0.2, 0.25) is 0 Å². The SMILES string of the molecule is Cc1cc2ccccc2c2c1sc1c3ccccc3ccc12. The van der Waals surface area contributed by atoms with E-state index in [-0.39, 0.29) is 0 Å². The fourth-order valence-electron chi connectivity index (χ4n) is 3.52. The summed E-state index contributed by atoms with van der Waals surface area (Å²) < 4.78 is 2.83. The summed E-state index contributed by atoms with van der Waals surface area (Å²) in [5, 5.41) is 8.19. The quantitative estimate of drug-likeness (QED) is 0.299. The van der Waals surface area contributed by atoms with Gasteiger partial charge >= 0.3 is 0 Å². The molecule has 4 aromatic carbocycles. The van der Waals surface area contributed by atoms with E-state index in [9.17, 15) is 0 Å². The summed E-state index contributed by atoms with van der Waals surface area (Å²) in [6, 6.07) is 24.3. The lowest BCUT2D eigenvalue weighted by atomic mass is 9.99. The van der Waals surface area contributed by atoms with Gasteiger partial charge in [0.1, 0.15) is 0 Å². The maximum Gasteiger partial charge on any atom is 0.0434 e. The molecule has 0 fully saturated rings. The predicted molar refractivity (Wildman–Crippen MR) is 99.1 cm³/mol. The van der Waals surface area contributed by atoms with Gasteiger partial charge in [0, 0.05) is 20.2 Å². The number of benzene rings is 4. The highest BCUT2D eigenvalue weighted by atomic mass is 32.1. The molecule has 0 aliphatic heterocycles. The maximum atomic E-state index is 2.31. The molecule has 0 aliphatic rings. The van der Waals surface area contributed by atoms with E-state index in [4.69, 9.17) is 0 Å². The van der Waals surface area contributed by atoms with E-state index >= 15 is 0 Å². The van der Waals surface area contributed by atoms with Crippen LogP contribution in [-0.4, -0.2) is 0 Å². The van der Waals surface area contributed by atoms with Gasteiger partial charge in [-0.2, -0.15) is 0 Å². The predicted octanol–water partition coefficient (Wildman–Crippen LogP) is 6.67. The van der Waals surface area contributed by atoms with Gasteiger partial charge in [0.15, 0.2) is 0 Å². The molecule has 0 saturated carbocycles. The first-order chi connectivity index (χ1) is 10.8. The summed E-state index contributed by atoms with van der Waals surface area (Å²) in [6.45, 7) is 2.23. The second-order valence-electron chi connectivity index (χ2n) is 5.88. The summed E-state index contributed by atoms with van der Waals surface area (Å²) in [5.74, 6) is 0. The molecule has 1 aromatic heterocycles. The van der Waals surface area contributed by atoms with Crippen LogP contribution >= 0.6 is 11.3 Å². The van der Waals surface area contributed by atoms with E-state index in [0.29, 0.717) is 0 Å². The smallest absolute Gasteiger partial charge is 0.0434 e. The van der Waals surface area contributed by atoms with Crippen LogP contribution in [0.15, 0.2) is 66.7 Å². The standard InChI is InChI=1S/C21H14S/c1-13-12-15-7-3-4-8-16(15)19-18-11-10-14-6-2-5-9-17(14)21(18)22-20(13)19/h2-12H,1H3. The third-order valence-corrected chi connectivity index (χ3v) is 5.91. The number of thiophene rings is 1. The lowest BCUT2D eigenvalue weighted by molar-refractivity contribution is 1.58. The zero-order valence-corrected chi connectivity index (χ0v) is 13.1. The lowest BCUT2D eigenvalue weighted by Crippen LogP contribution is -1.78. The highest BCUT2D eigenvalue weighted by Gasteiger charge is 2.12. The Bertz CT molecular complexity index is 1180. The Morgan fingerprint density at radius 3 is 2.23 bits per heavy atom. The van der Waals surface area contributed by atoms with E-state index in [1.54, 1.807) is 0 Å². The summed E-state index contributed by atoms with van der Waals surface area (Å²) in [5.41, 5.74) is 1.37. The third-order valence-electron chi connectivity index (χ3n) is 4.54. The van der Waals surface area contributed by atoms with Crippen molar-refractivity contribution in [2.45, 2.75) is 6.92 Å². The van der Waals surface area contributed by atoms with Crippen molar-refractivity contribution in [3.63, 3.8) is 0 Å². The second kappa shape index (κ2) is 4.31. The van der Waals surface area contributed by atoms with Crippen LogP contribution in [0.2, 0.25) is 0 Å². The number of rotatable bonds is 0. The van der Waals surface area contributed by atoms with Crippen LogP contribution < -0.4 is 0 Å². The monoisotopic (exact) mass is 298 g/mol. The Morgan fingerprint density at radius 2 is 1.36 bits per heavy atom. The van der Waals surface area contributed by atoms with Crippen LogP contribution in [0.1, 0.15) is 5.56 Å². The Balaban J connectivity index is 2.14. The zero-order valence-electron chi connectivity index (χ0n) is 12.3. The first-order valence-electron chi connectivity index (χ1n) is 7.55. The molecular formula is C21H14S. The summed E-state index contributed by atoms with van der Waals surface area (Å²) in [7, 11) is 0. The van der Waals surface area contributed by atoms with E-state index in [1.807, 2.05) is 11.3 Å². The Hall–Kier alpha value is -2.38. The molecule has 0 saturated heterocycles. The molecule has 1 heterocycles. The van der Waals surface area contributed by atoms with Crippen LogP contribution in [0.25, 0.3) is 41.7 Å². The van der Waals surface area contributed by atoms with Gasteiger partial charge in [0.05, 0.1) is 0 Å². The number of hydrogen-bond acceptors (Lipinski definition) is 1. The Morgan fingerprint density at radius 1 is 0.636 bits per heavy atom. The van der Waals surface area contributed by atoms with E-state index in [1.165, 1.54) is 47.3 Å². The van der Waals surface area contributed by atoms with Crippen LogP contribution in [0.3, 0.4) is 0 Å². The van der Waals surface area contributed by atoms with Crippen LogP contribution in [0, 0.1) is 6.92 Å². The number of fused-ring (bicyclic) bond motifs is 7. The van der Waals surface area contributed by atoms with Gasteiger partial charge in [-0.15, -0.1) is 11.3 Å². The Kier molecular flexibility index (Phi) is 2.39. The summed E-state index contributed by atoms with van der Waals surface area (Å²) in [6.07, 6.45) is 0. The van der Waals surface area contributed by atoms with Crippen molar-refractivity contribution in [3.05, 3.63) is 72.3 Å². The van der Waals surface area contributed by atoms with Gasteiger partial charge in [-0.25, -0.2) is 0 Å². The van der Waals surface area contributed by atoms with Gasteiger partial charge in [-0.1, -0.05) is 60.7 Å². The molecule has 0 spiro atoms. The third kappa shape index (κ3) is 1.52. The highest BCUT2D eigenvalue weighted by molar-refractivity contribution is 7.27. The molecule has 5 aromatic rings. The minimum atomic E-state index is 1.32. The number of hydrogen-bond donors (Lipinski definition) is 0. The van der Waals surface area contributed by atoms with E-state index in [2.05, 4.69) is 73.7 Å². The molecule has 22 heavy (non-hydrogen) atoms. The average molecular weight is 298 g/mol. The fraction of sp³-hybridized carbons (Fsp3) is 0.0476. The van der Waals surface area contributed by atoms with E-state index < -0.39 is 0 Å². The molecule has 0 atom stereocenters. The van der Waals surface area contributed by atoms with Crippen molar-refractivity contribution in [2.75, 3.05) is 0 Å². The minimum absolute atomic E-state index is 1.32. The molecule has 0 aliphatic carbocycles. The molecule has 0 unspecified atom stereocenters.